The van der Waals surface area contributed by atoms with E-state index in [2.05, 4.69) is 41.5 Å². The largest absolute Gasteiger partial charge is 0.344 e. The lowest BCUT2D eigenvalue weighted by atomic mass is 9.96. The highest BCUT2D eigenvalue weighted by atomic mass is 35.5. The summed E-state index contributed by atoms with van der Waals surface area (Å²) >= 11 is 0. The molecule has 4 heterocycles. The summed E-state index contributed by atoms with van der Waals surface area (Å²) in [5.41, 5.74) is 2.89. The number of amides is 1. The van der Waals surface area contributed by atoms with Crippen LogP contribution in [0.25, 0.3) is 11.1 Å². The molecule has 2 aliphatic heterocycles. The third-order valence-electron chi connectivity index (χ3n) is 5.98. The zero-order valence-electron chi connectivity index (χ0n) is 16.9. The molecule has 2 atom stereocenters. The molecule has 2 saturated heterocycles. The maximum absolute atomic E-state index is 12.5. The second kappa shape index (κ2) is 8.21. The zero-order valence-corrected chi connectivity index (χ0v) is 17.7. The van der Waals surface area contributed by atoms with Crippen molar-refractivity contribution in [2.24, 2.45) is 5.92 Å². The van der Waals surface area contributed by atoms with Gasteiger partial charge in [-0.15, -0.1) is 12.4 Å². The molecule has 1 N–H and O–H groups in total. The van der Waals surface area contributed by atoms with Crippen LogP contribution in [0.4, 0.5) is 0 Å². The van der Waals surface area contributed by atoms with Gasteiger partial charge in [-0.3, -0.25) is 19.8 Å². The standard InChI is InChI=1S/C21H29N5O.ClH/c1-15(2)6-10-26-14-17(13-23-26)16-5-9-22-19(12-16)18-4-7-21(24-18)8-11-25(3)20(21)27;/h5,9,12-15,18,24H,4,6-8,10-11H2,1-3H3;1H/t18-,21+;/m1./s1. The van der Waals surface area contributed by atoms with Crippen molar-refractivity contribution in [2.45, 2.75) is 57.7 Å². The minimum absolute atomic E-state index is 0. The summed E-state index contributed by atoms with van der Waals surface area (Å²) in [6.45, 7) is 6.24. The first-order chi connectivity index (χ1) is 13.0. The summed E-state index contributed by atoms with van der Waals surface area (Å²) in [7, 11) is 1.89. The Hall–Kier alpha value is -1.92. The number of likely N-dealkylation sites (N-methyl/N-ethyl adjacent to an activating group) is 1. The van der Waals surface area contributed by atoms with Gasteiger partial charge < -0.3 is 4.90 Å². The Morgan fingerprint density at radius 2 is 2.14 bits per heavy atom. The summed E-state index contributed by atoms with van der Waals surface area (Å²) in [6.07, 6.45) is 9.76. The third-order valence-corrected chi connectivity index (χ3v) is 5.98. The normalized spacial score (nSPS) is 24.4. The van der Waals surface area contributed by atoms with E-state index in [4.69, 9.17) is 0 Å². The maximum atomic E-state index is 12.5. The Labute approximate surface area is 173 Å². The molecule has 6 nitrogen and oxygen atoms in total. The molecular weight excluding hydrogens is 374 g/mol. The topological polar surface area (TPSA) is 63.1 Å². The molecule has 1 amide bonds. The van der Waals surface area contributed by atoms with Gasteiger partial charge in [-0.2, -0.15) is 5.10 Å². The van der Waals surface area contributed by atoms with Crippen molar-refractivity contribution < 1.29 is 4.79 Å². The number of carbonyl (C=O) groups excluding carboxylic acids is 1. The quantitative estimate of drug-likeness (QED) is 0.830. The van der Waals surface area contributed by atoms with E-state index in [1.165, 1.54) is 0 Å². The van der Waals surface area contributed by atoms with Gasteiger partial charge >= 0.3 is 0 Å². The smallest absolute Gasteiger partial charge is 0.242 e. The van der Waals surface area contributed by atoms with Crippen LogP contribution in [-0.2, 0) is 11.3 Å². The van der Waals surface area contributed by atoms with Gasteiger partial charge in [-0.1, -0.05) is 13.8 Å². The van der Waals surface area contributed by atoms with E-state index in [9.17, 15) is 4.79 Å². The van der Waals surface area contributed by atoms with E-state index in [1.54, 1.807) is 0 Å². The molecule has 0 unspecified atom stereocenters. The molecule has 2 aromatic heterocycles. The number of hydrogen-bond acceptors (Lipinski definition) is 4. The monoisotopic (exact) mass is 403 g/mol. The highest BCUT2D eigenvalue weighted by Gasteiger charge is 2.50. The molecule has 0 bridgehead atoms. The lowest BCUT2D eigenvalue weighted by molar-refractivity contribution is -0.131. The second-order valence-electron chi connectivity index (χ2n) is 8.44. The Morgan fingerprint density at radius 1 is 1.32 bits per heavy atom. The number of nitrogens with one attached hydrogen (secondary N) is 1. The summed E-state index contributed by atoms with van der Waals surface area (Å²) in [4.78, 5) is 19.0. The van der Waals surface area contributed by atoms with E-state index in [1.807, 2.05) is 35.1 Å². The first-order valence-electron chi connectivity index (χ1n) is 9.99. The average molecular weight is 404 g/mol. The number of aryl methyl sites for hydroxylation is 1. The number of aromatic nitrogens is 3. The summed E-state index contributed by atoms with van der Waals surface area (Å²) in [5.74, 6) is 0.899. The number of pyridine rings is 1. The fourth-order valence-electron chi connectivity index (χ4n) is 4.23. The highest BCUT2D eigenvalue weighted by Crippen LogP contribution is 2.39. The van der Waals surface area contributed by atoms with Crippen LogP contribution in [0.1, 0.15) is 51.3 Å². The molecule has 2 fully saturated rings. The first-order valence-corrected chi connectivity index (χ1v) is 9.99. The van der Waals surface area contributed by atoms with E-state index in [0.717, 1.165) is 55.6 Å². The molecule has 1 spiro atoms. The number of hydrogen-bond donors (Lipinski definition) is 1. The highest BCUT2D eigenvalue weighted by molar-refractivity contribution is 5.88. The van der Waals surface area contributed by atoms with E-state index >= 15 is 0 Å². The third kappa shape index (κ3) is 3.94. The molecule has 0 aromatic carbocycles. The number of rotatable bonds is 5. The fraction of sp³-hybridized carbons (Fsp3) is 0.571. The van der Waals surface area contributed by atoms with Crippen molar-refractivity contribution in [1.82, 2.24) is 25.0 Å². The lowest BCUT2D eigenvalue weighted by Gasteiger charge is -2.23. The van der Waals surface area contributed by atoms with Gasteiger partial charge in [0.05, 0.1) is 17.9 Å². The number of likely N-dealkylation sites (tertiary alicyclic amines) is 1. The molecule has 0 saturated carbocycles. The van der Waals surface area contributed by atoms with Crippen molar-refractivity contribution in [3.63, 3.8) is 0 Å². The second-order valence-corrected chi connectivity index (χ2v) is 8.44. The van der Waals surface area contributed by atoms with Gasteiger partial charge in [-0.05, 0) is 49.3 Å². The minimum Gasteiger partial charge on any atom is -0.344 e. The Bertz CT molecular complexity index is 836. The van der Waals surface area contributed by atoms with Crippen LogP contribution in [-0.4, -0.2) is 44.7 Å². The molecule has 0 aliphatic carbocycles. The predicted molar refractivity (Wildman–Crippen MR) is 112 cm³/mol. The van der Waals surface area contributed by atoms with Crippen LogP contribution in [0, 0.1) is 5.92 Å². The van der Waals surface area contributed by atoms with Crippen LogP contribution in [0.15, 0.2) is 30.7 Å². The van der Waals surface area contributed by atoms with Crippen LogP contribution in [0.5, 0.6) is 0 Å². The van der Waals surface area contributed by atoms with Gasteiger partial charge in [-0.25, -0.2) is 0 Å². The maximum Gasteiger partial charge on any atom is 0.242 e. The van der Waals surface area contributed by atoms with Gasteiger partial charge in [0.25, 0.3) is 0 Å². The first kappa shape index (κ1) is 20.8. The van der Waals surface area contributed by atoms with Crippen molar-refractivity contribution in [3.8, 4) is 11.1 Å². The summed E-state index contributed by atoms with van der Waals surface area (Å²) < 4.78 is 2.02. The molecule has 4 rings (SSSR count). The molecular formula is C21H30ClN5O. The number of carbonyl (C=O) groups is 1. The molecule has 0 radical (unpaired) electrons. The summed E-state index contributed by atoms with van der Waals surface area (Å²) in [5, 5.41) is 8.10. The Morgan fingerprint density at radius 3 is 2.86 bits per heavy atom. The molecule has 2 aromatic rings. The van der Waals surface area contributed by atoms with Crippen molar-refractivity contribution >= 4 is 18.3 Å². The van der Waals surface area contributed by atoms with Crippen molar-refractivity contribution in [1.29, 1.82) is 0 Å². The van der Waals surface area contributed by atoms with E-state index < -0.39 is 0 Å². The lowest BCUT2D eigenvalue weighted by Crippen LogP contribution is -2.47. The minimum atomic E-state index is -0.376. The Kier molecular flexibility index (Phi) is 6.10. The van der Waals surface area contributed by atoms with E-state index in [0.29, 0.717) is 5.92 Å². The van der Waals surface area contributed by atoms with E-state index in [-0.39, 0.29) is 29.9 Å². The van der Waals surface area contributed by atoms with Crippen LogP contribution in [0.2, 0.25) is 0 Å². The van der Waals surface area contributed by atoms with Gasteiger partial charge in [0.2, 0.25) is 5.91 Å². The van der Waals surface area contributed by atoms with Crippen LogP contribution in [0.3, 0.4) is 0 Å². The number of nitrogens with zero attached hydrogens (tertiary/aromatic N) is 4. The predicted octanol–water partition coefficient (Wildman–Crippen LogP) is 3.44. The van der Waals surface area contributed by atoms with Crippen molar-refractivity contribution in [3.05, 3.63) is 36.4 Å². The van der Waals surface area contributed by atoms with Crippen molar-refractivity contribution in [2.75, 3.05) is 13.6 Å². The molecule has 2 aliphatic rings. The number of halogens is 1. The SMILES string of the molecule is CC(C)CCn1cc(-c2ccnc([C@H]3CC[C@@]4(CCN(C)C4=O)N3)c2)cn1.Cl. The fourth-order valence-corrected chi connectivity index (χ4v) is 4.23. The Balaban J connectivity index is 0.00000225. The molecule has 152 valence electrons. The van der Waals surface area contributed by atoms with Gasteiger partial charge in [0.1, 0.15) is 5.54 Å². The summed E-state index contributed by atoms with van der Waals surface area (Å²) in [6, 6.07) is 4.31. The molecule has 7 heteroatoms. The average Bonchev–Trinajstić information content (AvgIpc) is 3.37. The van der Waals surface area contributed by atoms with Crippen LogP contribution < -0.4 is 5.32 Å². The zero-order chi connectivity index (χ0) is 19.0. The van der Waals surface area contributed by atoms with Gasteiger partial charge in [0.15, 0.2) is 0 Å². The molecule has 28 heavy (non-hydrogen) atoms. The van der Waals surface area contributed by atoms with Crippen LogP contribution >= 0.6 is 12.4 Å². The van der Waals surface area contributed by atoms with Gasteiger partial charge in [0, 0.05) is 38.1 Å².